The first-order valence-corrected chi connectivity index (χ1v) is 18.0. The van der Waals surface area contributed by atoms with Gasteiger partial charge in [0.1, 0.15) is 0 Å². The van der Waals surface area contributed by atoms with E-state index in [4.69, 9.17) is 17.6 Å². The number of para-hydroxylation sites is 3. The monoisotopic (exact) mass is 898 g/mol. The number of benzene rings is 6. The average Bonchev–Trinajstić information content (AvgIpc) is 3.85. The van der Waals surface area contributed by atoms with Crippen molar-refractivity contribution in [3.63, 3.8) is 0 Å². The molecule has 0 saturated carbocycles. The van der Waals surface area contributed by atoms with Crippen molar-refractivity contribution in [1.29, 1.82) is 0 Å². The molecule has 0 spiro atoms. The molecule has 0 saturated heterocycles. The normalized spacial score (nSPS) is 13.1. The summed E-state index contributed by atoms with van der Waals surface area (Å²) >= 11 is 0. The third-order valence-corrected chi connectivity index (χ3v) is 9.29. The van der Waals surface area contributed by atoms with E-state index in [0.29, 0.717) is 17.2 Å². The van der Waals surface area contributed by atoms with Crippen molar-refractivity contribution < 1.29 is 32.7 Å². The molecule has 273 valence electrons. The van der Waals surface area contributed by atoms with Crippen LogP contribution < -0.4 is 0 Å². The van der Waals surface area contributed by atoms with Gasteiger partial charge < -0.3 is 14.0 Å². The molecule has 0 bridgehead atoms. The molecule has 0 atom stereocenters. The fourth-order valence-corrected chi connectivity index (χ4v) is 6.83. The summed E-state index contributed by atoms with van der Waals surface area (Å²) in [6.07, 6.45) is 5.55. The van der Waals surface area contributed by atoms with Gasteiger partial charge in [0, 0.05) is 57.5 Å². The van der Waals surface area contributed by atoms with Crippen LogP contribution in [0.2, 0.25) is 0 Å². The number of rotatable bonds is 7. The minimum atomic E-state index is -2.18. The molecule has 3 heterocycles. The molecule has 9 rings (SSSR count). The molecule has 4 nitrogen and oxygen atoms in total. The van der Waals surface area contributed by atoms with Gasteiger partial charge in [0.15, 0.2) is 0 Å². The van der Waals surface area contributed by atoms with Crippen LogP contribution >= 0.6 is 0 Å². The van der Waals surface area contributed by atoms with E-state index in [0.717, 1.165) is 67.8 Å². The zero-order valence-corrected chi connectivity index (χ0v) is 32.8. The maximum Gasteiger partial charge on any atom is 0.0774 e. The number of pyridine rings is 1. The second-order valence-electron chi connectivity index (χ2n) is 13.6. The molecular formula is C50H41IrN3O-2. The Morgan fingerprint density at radius 1 is 0.727 bits per heavy atom. The Bertz CT molecular complexity index is 2770. The number of imidazole rings is 1. The van der Waals surface area contributed by atoms with E-state index in [1.165, 1.54) is 30.0 Å². The van der Waals surface area contributed by atoms with Gasteiger partial charge in [-0.1, -0.05) is 159 Å². The minimum absolute atomic E-state index is 0. The van der Waals surface area contributed by atoms with E-state index in [1.807, 2.05) is 6.07 Å². The van der Waals surface area contributed by atoms with Crippen molar-refractivity contribution in [2.24, 2.45) is 5.92 Å². The molecule has 0 aliphatic carbocycles. The van der Waals surface area contributed by atoms with Crippen LogP contribution in [0, 0.1) is 32.0 Å². The Labute approximate surface area is 345 Å². The van der Waals surface area contributed by atoms with E-state index in [9.17, 15) is 0 Å². The van der Waals surface area contributed by atoms with E-state index in [1.54, 1.807) is 12.1 Å². The summed E-state index contributed by atoms with van der Waals surface area (Å²) in [5.41, 5.74) is 12.2. The molecule has 3 aromatic heterocycles. The van der Waals surface area contributed by atoms with Crippen LogP contribution in [0.3, 0.4) is 0 Å². The third kappa shape index (κ3) is 8.00. The third-order valence-electron chi connectivity index (χ3n) is 9.29. The Morgan fingerprint density at radius 3 is 2.05 bits per heavy atom. The summed E-state index contributed by atoms with van der Waals surface area (Å²) in [6.45, 7) is 0.156. The van der Waals surface area contributed by atoms with Crippen molar-refractivity contribution in [1.82, 2.24) is 14.5 Å². The van der Waals surface area contributed by atoms with Crippen LogP contribution in [-0.2, 0) is 26.5 Å². The zero-order chi connectivity index (χ0) is 42.0. The zero-order valence-electron chi connectivity index (χ0n) is 36.4. The minimum Gasteiger partial charge on any atom is -0.557 e. The van der Waals surface area contributed by atoms with E-state index in [-0.39, 0.29) is 31.2 Å². The first-order chi connectivity index (χ1) is 28.8. The fourth-order valence-electron chi connectivity index (χ4n) is 6.83. The summed E-state index contributed by atoms with van der Waals surface area (Å²) in [6, 6.07) is 53.0. The molecule has 6 aromatic carbocycles. The predicted octanol–water partition coefficient (Wildman–Crippen LogP) is 12.9. The topological polar surface area (TPSA) is 43.9 Å². The number of hydrogen-bond acceptors (Lipinski definition) is 3. The largest absolute Gasteiger partial charge is 0.557 e. The Kier molecular flexibility index (Phi) is 9.22. The van der Waals surface area contributed by atoms with Gasteiger partial charge in [0.25, 0.3) is 0 Å². The molecule has 0 aliphatic heterocycles. The van der Waals surface area contributed by atoms with Crippen molar-refractivity contribution in [2.75, 3.05) is 0 Å². The molecule has 0 N–H and O–H groups in total. The van der Waals surface area contributed by atoms with Crippen molar-refractivity contribution in [3.05, 3.63) is 187 Å². The van der Waals surface area contributed by atoms with E-state index >= 15 is 0 Å². The SMILES string of the molecule is CC(C)Cc1ccc2o[c-]c(-c3nc4ccccc4n3-c3c(-c4ccccc4)cccc3-c3ccccc3)c2c1.[2H]C([2H])([2H])c1c[c-]c(-c2ccc(C([2H])([2H])[2H])cn2)cc1.[Ir]. The number of hydrogen-bond donors (Lipinski definition) is 0. The van der Waals surface area contributed by atoms with Crippen LogP contribution in [0.25, 0.3) is 72.6 Å². The van der Waals surface area contributed by atoms with Crippen LogP contribution in [0.15, 0.2) is 162 Å². The molecule has 1 radical (unpaired) electrons. The van der Waals surface area contributed by atoms with E-state index in [2.05, 4.69) is 151 Å². The summed E-state index contributed by atoms with van der Waals surface area (Å²) in [5.74, 6) is 1.38. The van der Waals surface area contributed by atoms with Crippen LogP contribution in [0.1, 0.15) is 38.8 Å². The molecule has 0 amide bonds. The van der Waals surface area contributed by atoms with E-state index < -0.39 is 13.7 Å². The predicted molar refractivity (Wildman–Crippen MR) is 223 cm³/mol. The van der Waals surface area contributed by atoms with Gasteiger partial charge in [0.05, 0.1) is 22.5 Å². The molecule has 0 unspecified atom stereocenters. The van der Waals surface area contributed by atoms with Crippen molar-refractivity contribution in [2.45, 2.75) is 34.0 Å². The first-order valence-electron chi connectivity index (χ1n) is 21.0. The van der Waals surface area contributed by atoms with Crippen LogP contribution in [0.4, 0.5) is 0 Å². The Morgan fingerprint density at radius 2 is 1.42 bits per heavy atom. The second kappa shape index (κ2) is 16.6. The first kappa shape index (κ1) is 30.5. The standard InChI is InChI=1S/C37H29N2O.C13H12N.Ir/c1-25(2)22-26-20-21-35-31(23-26)32(24-40-35)37-38-33-18-9-10-19-34(33)39(37)36-29(27-12-5-3-6-13-27)16-11-17-30(36)28-14-7-4-8-15-28;1-10-3-6-12(7-4-10)13-8-5-11(2)9-14-13;/h3-21,23,25H,22H2,1-2H3;3-6,8-9H,1-2H3;/q2*-1;/i;1D3,2D3;. The van der Waals surface area contributed by atoms with Gasteiger partial charge in [-0.25, -0.2) is 0 Å². The second-order valence-corrected chi connectivity index (χ2v) is 13.6. The molecule has 55 heavy (non-hydrogen) atoms. The Balaban J connectivity index is 0.000000226. The average molecular weight is 898 g/mol. The van der Waals surface area contributed by atoms with Gasteiger partial charge in [0.2, 0.25) is 0 Å². The molecule has 0 aliphatic rings. The quantitative estimate of drug-likeness (QED) is 0.150. The Hall–Kier alpha value is -5.87. The molecular weight excluding hydrogens is 851 g/mol. The van der Waals surface area contributed by atoms with Crippen molar-refractivity contribution in [3.8, 4) is 50.6 Å². The summed E-state index contributed by atoms with van der Waals surface area (Å²) < 4.78 is 51.9. The summed E-state index contributed by atoms with van der Waals surface area (Å²) in [5, 5.41) is 1.04. The smallest absolute Gasteiger partial charge is 0.0774 e. The van der Waals surface area contributed by atoms with Crippen molar-refractivity contribution >= 4 is 22.0 Å². The van der Waals surface area contributed by atoms with Gasteiger partial charge >= 0.3 is 0 Å². The number of furan rings is 1. The number of aryl methyl sites for hydroxylation is 2. The molecule has 5 heteroatoms. The van der Waals surface area contributed by atoms with Crippen LogP contribution in [-0.4, -0.2) is 14.5 Å². The molecule has 9 aromatic rings. The fraction of sp³-hybridized carbons (Fsp3) is 0.120. The van der Waals surface area contributed by atoms with Gasteiger partial charge in [-0.3, -0.25) is 4.98 Å². The molecule has 0 fully saturated rings. The maximum absolute atomic E-state index is 7.28. The summed E-state index contributed by atoms with van der Waals surface area (Å²) in [4.78, 5) is 9.29. The maximum atomic E-state index is 7.28. The number of nitrogens with zero attached hydrogens (tertiary/aromatic N) is 3. The summed E-state index contributed by atoms with van der Waals surface area (Å²) in [7, 11) is 0. The van der Waals surface area contributed by atoms with Gasteiger partial charge in [-0.05, 0) is 53.7 Å². The van der Waals surface area contributed by atoms with Crippen LogP contribution in [0.5, 0.6) is 0 Å². The van der Waals surface area contributed by atoms with Gasteiger partial charge in [-0.15, -0.1) is 35.4 Å². The van der Waals surface area contributed by atoms with Gasteiger partial charge in [-0.2, -0.15) is 0 Å². The number of aromatic nitrogens is 3. The number of fused-ring (bicyclic) bond motifs is 2.